The third-order valence-electron chi connectivity index (χ3n) is 1.72. The van der Waals surface area contributed by atoms with Gasteiger partial charge in [0.05, 0.1) is 6.54 Å². The fraction of sp³-hybridized carbons (Fsp3) is 0.375. The summed E-state index contributed by atoms with van der Waals surface area (Å²) in [5.74, 6) is 2.01. The molecule has 82 valence electrons. The van der Waals surface area contributed by atoms with Crippen LogP contribution in [-0.4, -0.2) is 15.1 Å². The molecule has 0 aromatic carbocycles. The zero-order valence-corrected chi connectivity index (χ0v) is 9.17. The Morgan fingerprint density at radius 2 is 2.00 bits per heavy atom. The summed E-state index contributed by atoms with van der Waals surface area (Å²) in [5, 5.41) is 3.67. The lowest BCUT2D eigenvalue weighted by molar-refractivity contribution is 0.422. The predicted molar refractivity (Wildman–Crippen MR) is 54.4 cm³/mol. The molecule has 0 bridgehead atoms. The molecule has 6 nitrogen and oxygen atoms in total. The van der Waals surface area contributed by atoms with E-state index in [1.165, 1.54) is 0 Å². The van der Waals surface area contributed by atoms with Crippen LogP contribution in [0.25, 0.3) is 11.6 Å². The van der Waals surface area contributed by atoms with Crippen LogP contribution in [0, 0.1) is 13.8 Å². The van der Waals surface area contributed by atoms with Gasteiger partial charge in [-0.3, -0.25) is 0 Å². The smallest absolute Gasteiger partial charge is 0.280 e. The lowest BCUT2D eigenvalue weighted by Crippen LogP contribution is -1.96. The van der Waals surface area contributed by atoms with Crippen molar-refractivity contribution in [1.29, 1.82) is 0 Å². The van der Waals surface area contributed by atoms with E-state index in [-0.39, 0.29) is 19.0 Å². The molecule has 0 atom stereocenters. The number of aryl methyl sites for hydroxylation is 2. The Morgan fingerprint density at radius 1 is 1.27 bits per heavy atom. The van der Waals surface area contributed by atoms with Gasteiger partial charge in [-0.05, 0) is 6.92 Å². The monoisotopic (exact) mass is 230 g/mol. The molecule has 0 aliphatic rings. The third kappa shape index (κ3) is 2.16. The number of nitrogens with zero attached hydrogens (tertiary/aromatic N) is 3. The van der Waals surface area contributed by atoms with Crippen LogP contribution in [0.1, 0.15) is 17.5 Å². The first kappa shape index (κ1) is 11.7. The Bertz CT molecular complexity index is 451. The summed E-state index contributed by atoms with van der Waals surface area (Å²) < 4.78 is 10.2. The Hall–Kier alpha value is -1.40. The van der Waals surface area contributed by atoms with Crippen LogP contribution in [0.3, 0.4) is 0 Å². The number of aromatic nitrogens is 3. The van der Waals surface area contributed by atoms with Crippen LogP contribution in [0.5, 0.6) is 0 Å². The van der Waals surface area contributed by atoms with Gasteiger partial charge >= 0.3 is 0 Å². The number of hydrogen-bond donors (Lipinski definition) is 1. The second kappa shape index (κ2) is 4.41. The summed E-state index contributed by atoms with van der Waals surface area (Å²) in [4.78, 5) is 8.17. The molecule has 2 aromatic heterocycles. The molecule has 0 radical (unpaired) electrons. The fourth-order valence-electron chi connectivity index (χ4n) is 1.17. The van der Waals surface area contributed by atoms with Crippen LogP contribution in [0.4, 0.5) is 0 Å². The predicted octanol–water partition coefficient (Wildman–Crippen LogP) is 1.22. The van der Waals surface area contributed by atoms with Crippen molar-refractivity contribution in [1.82, 2.24) is 15.1 Å². The number of hydrogen-bond acceptors (Lipinski definition) is 6. The van der Waals surface area contributed by atoms with Crippen molar-refractivity contribution in [3.8, 4) is 11.6 Å². The summed E-state index contributed by atoms with van der Waals surface area (Å²) in [6, 6.07) is 0. The van der Waals surface area contributed by atoms with Crippen molar-refractivity contribution in [3.63, 3.8) is 0 Å². The maximum Gasteiger partial charge on any atom is 0.280 e. The van der Waals surface area contributed by atoms with Crippen LogP contribution >= 0.6 is 12.4 Å². The van der Waals surface area contributed by atoms with Crippen LogP contribution in [-0.2, 0) is 6.54 Å². The number of halogens is 1. The number of oxazole rings is 1. The van der Waals surface area contributed by atoms with Crippen LogP contribution < -0.4 is 5.73 Å². The largest absolute Gasteiger partial charge is 0.444 e. The Balaban J connectivity index is 0.00000112. The highest BCUT2D eigenvalue weighted by atomic mass is 35.5. The molecule has 0 saturated heterocycles. The highest BCUT2D eigenvalue weighted by Gasteiger charge is 2.17. The van der Waals surface area contributed by atoms with Crippen molar-refractivity contribution < 1.29 is 8.94 Å². The van der Waals surface area contributed by atoms with Gasteiger partial charge in [0, 0.05) is 6.92 Å². The summed E-state index contributed by atoms with van der Waals surface area (Å²) >= 11 is 0. The molecular weight excluding hydrogens is 220 g/mol. The second-order valence-electron chi connectivity index (χ2n) is 2.86. The molecule has 0 aliphatic carbocycles. The standard InChI is InChI=1S/C8H10N4O2.ClH/c1-4-10-8(14-12-4)7-6(3-9)13-5(2)11-7;/h3,9H2,1-2H3;1H. The topological polar surface area (TPSA) is 91.0 Å². The Kier molecular flexibility index (Phi) is 3.43. The van der Waals surface area contributed by atoms with E-state index in [0.717, 1.165) is 0 Å². The highest BCUT2D eigenvalue weighted by molar-refractivity contribution is 5.85. The van der Waals surface area contributed by atoms with Gasteiger partial charge < -0.3 is 14.7 Å². The molecule has 2 N–H and O–H groups in total. The SMILES string of the molecule is Cc1noc(-c2nc(C)oc2CN)n1.Cl. The molecule has 0 unspecified atom stereocenters. The zero-order chi connectivity index (χ0) is 10.1. The first-order valence-corrected chi connectivity index (χ1v) is 4.17. The van der Waals surface area contributed by atoms with Crippen molar-refractivity contribution in [2.45, 2.75) is 20.4 Å². The summed E-state index contributed by atoms with van der Waals surface area (Å²) in [6.45, 7) is 3.74. The summed E-state index contributed by atoms with van der Waals surface area (Å²) in [5.41, 5.74) is 6.02. The lowest BCUT2D eigenvalue weighted by Gasteiger charge is -1.89. The van der Waals surface area contributed by atoms with Crippen molar-refractivity contribution in [2.24, 2.45) is 5.73 Å². The maximum atomic E-state index is 5.48. The molecule has 0 aliphatic heterocycles. The minimum atomic E-state index is 0. The number of nitrogens with two attached hydrogens (primary N) is 1. The third-order valence-corrected chi connectivity index (χ3v) is 1.72. The minimum absolute atomic E-state index is 0. The fourth-order valence-corrected chi connectivity index (χ4v) is 1.17. The maximum absolute atomic E-state index is 5.48. The molecule has 2 aromatic rings. The van der Waals surface area contributed by atoms with Gasteiger partial charge in [0.15, 0.2) is 23.2 Å². The van der Waals surface area contributed by atoms with Gasteiger partial charge in [0.1, 0.15) is 0 Å². The second-order valence-corrected chi connectivity index (χ2v) is 2.86. The van der Waals surface area contributed by atoms with E-state index in [1.54, 1.807) is 13.8 Å². The van der Waals surface area contributed by atoms with Gasteiger partial charge in [-0.15, -0.1) is 12.4 Å². The van der Waals surface area contributed by atoms with Crippen molar-refractivity contribution in [2.75, 3.05) is 0 Å². The summed E-state index contributed by atoms with van der Waals surface area (Å²) in [6.07, 6.45) is 0. The van der Waals surface area contributed by atoms with E-state index < -0.39 is 0 Å². The first-order chi connectivity index (χ1) is 6.70. The molecule has 0 amide bonds. The van der Waals surface area contributed by atoms with E-state index in [2.05, 4.69) is 15.1 Å². The van der Waals surface area contributed by atoms with Crippen molar-refractivity contribution >= 4 is 12.4 Å². The van der Waals surface area contributed by atoms with E-state index >= 15 is 0 Å². The first-order valence-electron chi connectivity index (χ1n) is 4.17. The molecule has 0 fully saturated rings. The van der Waals surface area contributed by atoms with Gasteiger partial charge in [-0.2, -0.15) is 4.98 Å². The molecule has 15 heavy (non-hydrogen) atoms. The zero-order valence-electron chi connectivity index (χ0n) is 8.35. The van der Waals surface area contributed by atoms with Crippen LogP contribution in [0.15, 0.2) is 8.94 Å². The quantitative estimate of drug-likeness (QED) is 0.834. The molecule has 2 heterocycles. The van der Waals surface area contributed by atoms with Gasteiger partial charge in [-0.25, -0.2) is 4.98 Å². The average Bonchev–Trinajstić information content (AvgIpc) is 2.71. The van der Waals surface area contributed by atoms with Crippen LogP contribution in [0.2, 0.25) is 0 Å². The Labute approximate surface area is 92.3 Å². The van der Waals surface area contributed by atoms with E-state index in [9.17, 15) is 0 Å². The average molecular weight is 231 g/mol. The normalized spacial score (nSPS) is 10.1. The Morgan fingerprint density at radius 3 is 2.53 bits per heavy atom. The minimum Gasteiger partial charge on any atom is -0.444 e. The molecule has 0 spiro atoms. The van der Waals surface area contributed by atoms with E-state index in [4.69, 9.17) is 14.7 Å². The summed E-state index contributed by atoms with van der Waals surface area (Å²) in [7, 11) is 0. The molecule has 7 heteroatoms. The van der Waals surface area contributed by atoms with Crippen molar-refractivity contribution in [3.05, 3.63) is 17.5 Å². The molecular formula is C8H11ClN4O2. The molecule has 2 rings (SSSR count). The van der Waals surface area contributed by atoms with Gasteiger partial charge in [-0.1, -0.05) is 5.16 Å². The van der Waals surface area contributed by atoms with Gasteiger partial charge in [0.25, 0.3) is 5.89 Å². The van der Waals surface area contributed by atoms with Gasteiger partial charge in [0.2, 0.25) is 0 Å². The highest BCUT2D eigenvalue weighted by Crippen LogP contribution is 2.21. The molecule has 0 saturated carbocycles. The lowest BCUT2D eigenvalue weighted by atomic mass is 10.3. The van der Waals surface area contributed by atoms with E-state index in [1.807, 2.05) is 0 Å². The van der Waals surface area contributed by atoms with E-state index in [0.29, 0.717) is 29.1 Å². The number of rotatable bonds is 2.